The van der Waals surface area contributed by atoms with Crippen LogP contribution in [-0.4, -0.2) is 34.2 Å². The van der Waals surface area contributed by atoms with Crippen LogP contribution in [0.4, 0.5) is 0 Å². The van der Waals surface area contributed by atoms with E-state index in [2.05, 4.69) is 10.1 Å². The molecule has 6 nitrogen and oxygen atoms in total. The highest BCUT2D eigenvalue weighted by Crippen LogP contribution is 2.18. The highest BCUT2D eigenvalue weighted by molar-refractivity contribution is 5.89. The first-order chi connectivity index (χ1) is 8.65. The molecule has 19 heavy (non-hydrogen) atoms. The van der Waals surface area contributed by atoms with Crippen molar-refractivity contribution >= 4 is 11.9 Å². The molecule has 0 saturated carbocycles. The van der Waals surface area contributed by atoms with Gasteiger partial charge in [0.15, 0.2) is 6.10 Å². The number of rotatable bonds is 3. The second-order valence-corrected chi connectivity index (χ2v) is 5.40. The number of methoxy groups -OCH3 is 1. The van der Waals surface area contributed by atoms with Gasteiger partial charge in [0.2, 0.25) is 0 Å². The Balaban J connectivity index is 2.92. The van der Waals surface area contributed by atoms with Crippen LogP contribution in [0.5, 0.6) is 0 Å². The molecule has 1 heterocycles. The smallest absolute Gasteiger partial charge is 0.354 e. The van der Waals surface area contributed by atoms with Gasteiger partial charge in [-0.25, -0.2) is 4.79 Å². The average Bonchev–Trinajstić information content (AvgIpc) is 2.67. The molecule has 0 saturated heterocycles. The Morgan fingerprint density at radius 3 is 2.47 bits per heavy atom. The van der Waals surface area contributed by atoms with Crippen molar-refractivity contribution in [2.24, 2.45) is 7.05 Å². The average molecular weight is 268 g/mol. The van der Waals surface area contributed by atoms with Gasteiger partial charge in [0, 0.05) is 24.3 Å². The van der Waals surface area contributed by atoms with Gasteiger partial charge in [-0.15, -0.1) is 0 Å². The summed E-state index contributed by atoms with van der Waals surface area (Å²) in [6.07, 6.45) is 0.211. The van der Waals surface area contributed by atoms with Crippen molar-refractivity contribution in [2.45, 2.75) is 32.4 Å². The van der Waals surface area contributed by atoms with Crippen molar-refractivity contribution in [2.75, 3.05) is 7.11 Å². The van der Waals surface area contributed by atoms with Gasteiger partial charge >= 0.3 is 5.97 Å². The van der Waals surface area contributed by atoms with Crippen LogP contribution in [0.2, 0.25) is 0 Å². The van der Waals surface area contributed by atoms with Crippen molar-refractivity contribution in [1.82, 2.24) is 9.88 Å². The summed E-state index contributed by atoms with van der Waals surface area (Å²) >= 11 is 0. The quantitative estimate of drug-likeness (QED) is 0.793. The number of nitrogens with zero attached hydrogens (tertiary/aromatic N) is 1. The van der Waals surface area contributed by atoms with Crippen molar-refractivity contribution in [3.8, 4) is 0 Å². The van der Waals surface area contributed by atoms with Crippen molar-refractivity contribution in [3.63, 3.8) is 0 Å². The van der Waals surface area contributed by atoms with Crippen LogP contribution in [0.25, 0.3) is 0 Å². The number of hydrogen-bond donors (Lipinski definition) is 2. The minimum atomic E-state index is -1.32. The van der Waals surface area contributed by atoms with Gasteiger partial charge in [0.1, 0.15) is 5.69 Å². The van der Waals surface area contributed by atoms with E-state index in [1.165, 1.54) is 23.9 Å². The molecule has 1 aromatic heterocycles. The maximum absolute atomic E-state index is 11.8. The van der Waals surface area contributed by atoms with E-state index < -0.39 is 23.5 Å². The first-order valence-corrected chi connectivity index (χ1v) is 5.90. The van der Waals surface area contributed by atoms with Crippen LogP contribution in [0.1, 0.15) is 42.9 Å². The van der Waals surface area contributed by atoms with Gasteiger partial charge < -0.3 is 19.7 Å². The summed E-state index contributed by atoms with van der Waals surface area (Å²) in [4.78, 5) is 23.3. The minimum Gasteiger partial charge on any atom is -0.464 e. The van der Waals surface area contributed by atoms with Crippen LogP contribution >= 0.6 is 0 Å². The van der Waals surface area contributed by atoms with Crippen LogP contribution in [0, 0.1) is 0 Å². The second-order valence-electron chi connectivity index (χ2n) is 5.40. The molecule has 1 atom stereocenters. The minimum absolute atomic E-state index is 0.278. The Morgan fingerprint density at radius 1 is 1.42 bits per heavy atom. The summed E-state index contributed by atoms with van der Waals surface area (Å²) in [5, 5.41) is 12.6. The zero-order chi connectivity index (χ0) is 14.8. The lowest BCUT2D eigenvalue weighted by molar-refractivity contribution is -0.131. The number of aryl methyl sites for hydroxylation is 1. The molecule has 2 N–H and O–H groups in total. The van der Waals surface area contributed by atoms with Crippen LogP contribution in [0.3, 0.4) is 0 Å². The second kappa shape index (κ2) is 5.44. The topological polar surface area (TPSA) is 80.6 Å². The van der Waals surface area contributed by atoms with Crippen molar-refractivity contribution < 1.29 is 19.4 Å². The van der Waals surface area contributed by atoms with Crippen molar-refractivity contribution in [3.05, 3.63) is 23.5 Å². The third-order valence-electron chi connectivity index (χ3n) is 2.48. The molecule has 0 bridgehead atoms. The summed E-state index contributed by atoms with van der Waals surface area (Å²) in [7, 11) is 2.92. The van der Waals surface area contributed by atoms with E-state index in [4.69, 9.17) is 0 Å². The molecule has 0 spiro atoms. The van der Waals surface area contributed by atoms with E-state index in [-0.39, 0.29) is 5.69 Å². The zero-order valence-corrected chi connectivity index (χ0v) is 11.9. The number of aliphatic hydroxyl groups excluding tert-OH is 1. The van der Waals surface area contributed by atoms with E-state index in [9.17, 15) is 14.7 Å². The molecule has 6 heteroatoms. The molecule has 1 aromatic rings. The Kier molecular flexibility index (Phi) is 4.36. The first-order valence-electron chi connectivity index (χ1n) is 5.90. The Labute approximate surface area is 112 Å². The Bertz CT molecular complexity index is 485. The molecule has 0 aromatic carbocycles. The molecule has 0 aliphatic heterocycles. The molecular formula is C13H20N2O4. The summed E-state index contributed by atoms with van der Waals surface area (Å²) in [6, 6.07) is 1.44. The van der Waals surface area contributed by atoms with Gasteiger partial charge in [0.25, 0.3) is 5.91 Å². The van der Waals surface area contributed by atoms with Gasteiger partial charge in [-0.1, -0.05) is 0 Å². The number of nitrogens with one attached hydrogen (secondary N) is 1. The standard InChI is InChI=1S/C13H20N2O4/c1-13(2,3)14-11(17)10(16)8-6-9(12(18)19-5)15(4)7-8/h6-7,10,16H,1-5H3,(H,14,17). The molecule has 0 fully saturated rings. The molecule has 106 valence electrons. The maximum atomic E-state index is 11.8. The lowest BCUT2D eigenvalue weighted by Crippen LogP contribution is -2.43. The molecule has 0 radical (unpaired) electrons. The normalized spacial score (nSPS) is 12.9. The number of amides is 1. The number of aliphatic hydroxyl groups is 1. The molecule has 1 amide bonds. The van der Waals surface area contributed by atoms with Gasteiger partial charge in [-0.3, -0.25) is 4.79 Å². The largest absolute Gasteiger partial charge is 0.464 e. The number of esters is 1. The number of carbonyl (C=O) groups is 2. The summed E-state index contributed by atoms with van der Waals surface area (Å²) < 4.78 is 6.12. The molecule has 1 unspecified atom stereocenters. The van der Waals surface area contributed by atoms with Crippen LogP contribution < -0.4 is 5.32 Å². The predicted molar refractivity (Wildman–Crippen MR) is 69.6 cm³/mol. The fraction of sp³-hybridized carbons (Fsp3) is 0.538. The lowest BCUT2D eigenvalue weighted by atomic mass is 10.1. The third-order valence-corrected chi connectivity index (χ3v) is 2.48. The number of aromatic nitrogens is 1. The summed E-state index contributed by atoms with van der Waals surface area (Å²) in [6.45, 7) is 5.47. The number of hydrogen-bond acceptors (Lipinski definition) is 4. The van der Waals surface area contributed by atoms with E-state index in [0.29, 0.717) is 5.56 Å². The highest BCUT2D eigenvalue weighted by Gasteiger charge is 2.24. The van der Waals surface area contributed by atoms with E-state index in [1.807, 2.05) is 20.8 Å². The highest BCUT2D eigenvalue weighted by atomic mass is 16.5. The van der Waals surface area contributed by atoms with Gasteiger partial charge in [0.05, 0.1) is 7.11 Å². The van der Waals surface area contributed by atoms with E-state index >= 15 is 0 Å². The molecular weight excluding hydrogens is 248 g/mol. The van der Waals surface area contributed by atoms with Crippen molar-refractivity contribution in [1.29, 1.82) is 0 Å². The van der Waals surface area contributed by atoms with Gasteiger partial charge in [-0.05, 0) is 26.8 Å². The number of ether oxygens (including phenoxy) is 1. The fourth-order valence-electron chi connectivity index (χ4n) is 1.64. The molecule has 1 rings (SSSR count). The predicted octanol–water partition coefficient (Wildman–Crippen LogP) is 0.760. The number of carbonyl (C=O) groups excluding carboxylic acids is 2. The Hall–Kier alpha value is -1.82. The maximum Gasteiger partial charge on any atom is 0.354 e. The molecule has 0 aliphatic rings. The van der Waals surface area contributed by atoms with Gasteiger partial charge in [-0.2, -0.15) is 0 Å². The van der Waals surface area contributed by atoms with E-state index in [1.54, 1.807) is 7.05 Å². The zero-order valence-electron chi connectivity index (χ0n) is 11.9. The van der Waals surface area contributed by atoms with Crippen LogP contribution in [-0.2, 0) is 16.6 Å². The third kappa shape index (κ3) is 3.82. The van der Waals surface area contributed by atoms with Crippen LogP contribution in [0.15, 0.2) is 12.3 Å². The summed E-state index contributed by atoms with van der Waals surface area (Å²) in [5.41, 5.74) is 0.197. The first kappa shape index (κ1) is 15.2. The summed E-state index contributed by atoms with van der Waals surface area (Å²) in [5.74, 6) is -1.02. The SMILES string of the molecule is COC(=O)c1cc(C(O)C(=O)NC(C)(C)C)cn1C. The monoisotopic (exact) mass is 268 g/mol. The lowest BCUT2D eigenvalue weighted by Gasteiger charge is -2.22. The van der Waals surface area contributed by atoms with E-state index in [0.717, 1.165) is 0 Å². The fourth-order valence-corrected chi connectivity index (χ4v) is 1.64. The Morgan fingerprint density at radius 2 is 2.00 bits per heavy atom. The molecule has 0 aliphatic carbocycles.